The van der Waals surface area contributed by atoms with Crippen molar-refractivity contribution in [3.63, 3.8) is 0 Å². The molecule has 1 aliphatic rings. The molecule has 5 heteroatoms. The van der Waals surface area contributed by atoms with Gasteiger partial charge in [0.2, 0.25) is 0 Å². The van der Waals surface area contributed by atoms with Crippen LogP contribution in [0, 0.1) is 0 Å². The van der Waals surface area contributed by atoms with Crippen LogP contribution in [0.3, 0.4) is 0 Å². The van der Waals surface area contributed by atoms with Crippen LogP contribution in [-0.2, 0) is 18.5 Å². The molecule has 0 bridgehead atoms. The van der Waals surface area contributed by atoms with Crippen LogP contribution in [0.5, 0.6) is 0 Å². The lowest BCUT2D eigenvalue weighted by Crippen LogP contribution is -2.25. The Morgan fingerprint density at radius 2 is 2.21 bits per heavy atom. The zero-order chi connectivity index (χ0) is 17.3. The van der Waals surface area contributed by atoms with Gasteiger partial charge in [0.1, 0.15) is 0 Å². The molecule has 1 aromatic heterocycles. The summed E-state index contributed by atoms with van der Waals surface area (Å²) in [6.45, 7) is 7.17. The van der Waals surface area contributed by atoms with E-state index in [1.54, 1.807) is 6.07 Å². The normalized spacial score (nSPS) is 17.5. The quantitative estimate of drug-likeness (QED) is 0.902. The Morgan fingerprint density at radius 1 is 1.42 bits per heavy atom. The number of nitrogens with zero attached hydrogens (tertiary/aromatic N) is 2. The summed E-state index contributed by atoms with van der Waals surface area (Å²) >= 11 is 0. The summed E-state index contributed by atoms with van der Waals surface area (Å²) in [5.74, 6) is -0.859. The predicted octanol–water partition coefficient (Wildman–Crippen LogP) is 3.50. The summed E-state index contributed by atoms with van der Waals surface area (Å²) in [4.78, 5) is 11.1. The number of carboxylic acid groups (broad SMARTS) is 1. The highest BCUT2D eigenvalue weighted by atomic mass is 16.4. The van der Waals surface area contributed by atoms with Gasteiger partial charge in [0.15, 0.2) is 0 Å². The van der Waals surface area contributed by atoms with Crippen LogP contribution in [-0.4, -0.2) is 20.9 Å². The number of aryl methyl sites for hydroxylation is 1. The second-order valence-electron chi connectivity index (χ2n) is 7.51. The number of fused-ring (bicyclic) bond motifs is 1. The minimum absolute atomic E-state index is 0.0110. The zero-order valence-electron chi connectivity index (χ0n) is 14.5. The molecule has 2 aromatic rings. The van der Waals surface area contributed by atoms with Crippen molar-refractivity contribution in [1.82, 2.24) is 15.1 Å². The second-order valence-corrected chi connectivity index (χ2v) is 7.51. The van der Waals surface area contributed by atoms with E-state index in [-0.39, 0.29) is 11.6 Å². The number of hydrogen-bond acceptors (Lipinski definition) is 3. The fourth-order valence-corrected chi connectivity index (χ4v) is 3.22. The second kappa shape index (κ2) is 6.40. The minimum atomic E-state index is -0.859. The summed E-state index contributed by atoms with van der Waals surface area (Å²) in [6, 6.07) is 5.77. The first-order chi connectivity index (χ1) is 11.3. The van der Waals surface area contributed by atoms with E-state index in [2.05, 4.69) is 37.4 Å². The van der Waals surface area contributed by atoms with Crippen LogP contribution in [0.15, 0.2) is 30.6 Å². The molecule has 0 radical (unpaired) electrons. The van der Waals surface area contributed by atoms with Crippen LogP contribution < -0.4 is 5.32 Å². The Morgan fingerprint density at radius 3 is 2.88 bits per heavy atom. The molecule has 24 heavy (non-hydrogen) atoms. The molecule has 1 aliphatic carbocycles. The maximum atomic E-state index is 11.1. The largest absolute Gasteiger partial charge is 0.478 e. The standard InChI is InChI=1S/C19H25N3O2/c1-19(2,3)22-12-13(11-21-22)10-20-17-6-4-5-14-9-15(18(23)24)7-8-16(14)17/h7-9,11-12,17,20H,4-6,10H2,1-3H3,(H,23,24). The van der Waals surface area contributed by atoms with E-state index in [9.17, 15) is 4.79 Å². The van der Waals surface area contributed by atoms with Gasteiger partial charge in [-0.2, -0.15) is 5.10 Å². The maximum Gasteiger partial charge on any atom is 0.335 e. The van der Waals surface area contributed by atoms with Gasteiger partial charge >= 0.3 is 5.97 Å². The average Bonchev–Trinajstić information content (AvgIpc) is 3.01. The first-order valence-electron chi connectivity index (χ1n) is 8.48. The number of carbonyl (C=O) groups is 1. The number of nitrogens with one attached hydrogen (secondary N) is 1. The number of aromatic carboxylic acids is 1. The number of benzene rings is 1. The van der Waals surface area contributed by atoms with Gasteiger partial charge in [-0.1, -0.05) is 6.07 Å². The predicted molar refractivity (Wildman–Crippen MR) is 93.1 cm³/mol. The Hall–Kier alpha value is -2.14. The molecule has 0 saturated carbocycles. The first-order valence-corrected chi connectivity index (χ1v) is 8.48. The van der Waals surface area contributed by atoms with Crippen molar-refractivity contribution >= 4 is 5.97 Å². The lowest BCUT2D eigenvalue weighted by molar-refractivity contribution is 0.0696. The van der Waals surface area contributed by atoms with E-state index < -0.39 is 5.97 Å². The molecule has 1 aromatic carbocycles. The van der Waals surface area contributed by atoms with Gasteiger partial charge in [-0.25, -0.2) is 4.79 Å². The molecule has 0 spiro atoms. The van der Waals surface area contributed by atoms with Crippen molar-refractivity contribution < 1.29 is 9.90 Å². The molecule has 0 saturated heterocycles. The molecule has 0 aliphatic heterocycles. The number of aromatic nitrogens is 2. The van der Waals surface area contributed by atoms with Crippen molar-refractivity contribution in [2.24, 2.45) is 0 Å². The van der Waals surface area contributed by atoms with Crippen LogP contribution in [0.1, 0.15) is 66.7 Å². The van der Waals surface area contributed by atoms with Crippen LogP contribution in [0.2, 0.25) is 0 Å². The molecule has 3 rings (SSSR count). The Balaban J connectivity index is 1.71. The highest BCUT2D eigenvalue weighted by Gasteiger charge is 2.21. The number of carboxylic acids is 1. The fourth-order valence-electron chi connectivity index (χ4n) is 3.22. The smallest absolute Gasteiger partial charge is 0.335 e. The average molecular weight is 327 g/mol. The summed E-state index contributed by atoms with van der Waals surface area (Å²) in [5.41, 5.74) is 3.92. The zero-order valence-corrected chi connectivity index (χ0v) is 14.5. The lowest BCUT2D eigenvalue weighted by Gasteiger charge is -2.26. The molecule has 1 unspecified atom stereocenters. The Kier molecular flexibility index (Phi) is 4.45. The van der Waals surface area contributed by atoms with Crippen molar-refractivity contribution in [2.75, 3.05) is 0 Å². The first kappa shape index (κ1) is 16.7. The summed E-state index contributed by atoms with van der Waals surface area (Å²) in [5, 5.41) is 17.2. The van der Waals surface area contributed by atoms with E-state index in [4.69, 9.17) is 5.11 Å². The van der Waals surface area contributed by atoms with Gasteiger partial charge in [-0.15, -0.1) is 0 Å². The lowest BCUT2D eigenvalue weighted by atomic mass is 9.86. The molecule has 2 N–H and O–H groups in total. The van der Waals surface area contributed by atoms with Crippen molar-refractivity contribution in [1.29, 1.82) is 0 Å². The molecule has 0 amide bonds. The minimum Gasteiger partial charge on any atom is -0.478 e. The van der Waals surface area contributed by atoms with Crippen molar-refractivity contribution in [3.05, 3.63) is 52.8 Å². The van der Waals surface area contributed by atoms with E-state index in [0.717, 1.165) is 31.4 Å². The van der Waals surface area contributed by atoms with Crippen LogP contribution in [0.4, 0.5) is 0 Å². The molecule has 128 valence electrons. The van der Waals surface area contributed by atoms with Gasteiger partial charge in [-0.05, 0) is 63.3 Å². The van der Waals surface area contributed by atoms with Gasteiger partial charge in [0.05, 0.1) is 17.3 Å². The van der Waals surface area contributed by atoms with E-state index in [1.807, 2.05) is 23.0 Å². The fraction of sp³-hybridized carbons (Fsp3) is 0.474. The van der Waals surface area contributed by atoms with Gasteiger partial charge in [-0.3, -0.25) is 4.68 Å². The Bertz CT molecular complexity index is 743. The van der Waals surface area contributed by atoms with Gasteiger partial charge < -0.3 is 10.4 Å². The summed E-state index contributed by atoms with van der Waals surface area (Å²) in [6.07, 6.45) is 7.11. The highest BCUT2D eigenvalue weighted by molar-refractivity contribution is 5.88. The molecular formula is C19H25N3O2. The van der Waals surface area contributed by atoms with E-state index >= 15 is 0 Å². The van der Waals surface area contributed by atoms with Crippen LogP contribution >= 0.6 is 0 Å². The van der Waals surface area contributed by atoms with E-state index in [1.165, 1.54) is 11.1 Å². The van der Waals surface area contributed by atoms with Gasteiger partial charge in [0, 0.05) is 24.3 Å². The third-order valence-corrected chi connectivity index (χ3v) is 4.58. The summed E-state index contributed by atoms with van der Waals surface area (Å²) < 4.78 is 1.98. The highest BCUT2D eigenvalue weighted by Crippen LogP contribution is 2.30. The molecule has 0 fully saturated rings. The molecular weight excluding hydrogens is 302 g/mol. The topological polar surface area (TPSA) is 67.2 Å². The maximum absolute atomic E-state index is 11.1. The number of hydrogen-bond donors (Lipinski definition) is 2. The monoisotopic (exact) mass is 327 g/mol. The SMILES string of the molecule is CC(C)(C)n1cc(CNC2CCCc3cc(C(=O)O)ccc32)cn1. The third kappa shape index (κ3) is 3.51. The molecule has 5 nitrogen and oxygen atoms in total. The third-order valence-electron chi connectivity index (χ3n) is 4.58. The van der Waals surface area contributed by atoms with Crippen molar-refractivity contribution in [2.45, 2.75) is 58.2 Å². The van der Waals surface area contributed by atoms with Gasteiger partial charge in [0.25, 0.3) is 0 Å². The van der Waals surface area contributed by atoms with E-state index in [0.29, 0.717) is 5.56 Å². The van der Waals surface area contributed by atoms with Crippen molar-refractivity contribution in [3.8, 4) is 0 Å². The Labute approximate surface area is 142 Å². The number of rotatable bonds is 4. The molecule has 1 heterocycles. The summed E-state index contributed by atoms with van der Waals surface area (Å²) in [7, 11) is 0. The molecule has 1 atom stereocenters. The van der Waals surface area contributed by atoms with Crippen LogP contribution in [0.25, 0.3) is 0 Å².